The van der Waals surface area contributed by atoms with Crippen LogP contribution < -0.4 is 0 Å². The molecule has 5 nitrogen and oxygen atoms in total. The number of H-pyrrole nitrogens is 1. The van der Waals surface area contributed by atoms with Gasteiger partial charge < -0.3 is 9.84 Å². The lowest BCUT2D eigenvalue weighted by atomic mass is 9.91. The number of aromatic nitrogens is 2. The number of aryl methyl sites for hydroxylation is 1. The summed E-state index contributed by atoms with van der Waals surface area (Å²) in [7, 11) is 0. The van der Waals surface area contributed by atoms with Gasteiger partial charge in [-0.05, 0) is 30.7 Å². The molecular formula is C11H16N2O3. The van der Waals surface area contributed by atoms with Crippen LogP contribution in [0.15, 0.2) is 6.20 Å². The van der Waals surface area contributed by atoms with Crippen molar-refractivity contribution in [3.8, 4) is 0 Å². The molecule has 0 radical (unpaired) electrons. The van der Waals surface area contributed by atoms with Gasteiger partial charge in [-0.1, -0.05) is 0 Å². The SMILES string of the molecule is O=C(O)CCc1[nH]ncc1C1CCOCC1. The third-order valence-electron chi connectivity index (χ3n) is 3.00. The first-order valence-electron chi connectivity index (χ1n) is 5.59. The molecule has 1 saturated heterocycles. The van der Waals surface area contributed by atoms with Crippen molar-refractivity contribution in [1.82, 2.24) is 10.2 Å². The van der Waals surface area contributed by atoms with Gasteiger partial charge in [0.15, 0.2) is 0 Å². The Hall–Kier alpha value is -1.36. The maximum absolute atomic E-state index is 10.5. The second-order valence-electron chi connectivity index (χ2n) is 4.08. The van der Waals surface area contributed by atoms with E-state index in [9.17, 15) is 4.79 Å². The molecule has 5 heteroatoms. The van der Waals surface area contributed by atoms with Gasteiger partial charge in [0.1, 0.15) is 0 Å². The number of aromatic amines is 1. The first kappa shape index (κ1) is 11.1. The fraction of sp³-hybridized carbons (Fsp3) is 0.636. The van der Waals surface area contributed by atoms with Crippen LogP contribution in [0.1, 0.15) is 36.4 Å². The maximum Gasteiger partial charge on any atom is 0.303 e. The number of carboxylic acids is 1. The smallest absolute Gasteiger partial charge is 0.303 e. The summed E-state index contributed by atoms with van der Waals surface area (Å²) in [5, 5.41) is 15.6. The van der Waals surface area contributed by atoms with Crippen LogP contribution in [0, 0.1) is 0 Å². The summed E-state index contributed by atoms with van der Waals surface area (Å²) in [6.45, 7) is 1.57. The fourth-order valence-electron chi connectivity index (χ4n) is 2.11. The van der Waals surface area contributed by atoms with Crippen LogP contribution in [0.4, 0.5) is 0 Å². The average molecular weight is 224 g/mol. The molecule has 2 rings (SSSR count). The van der Waals surface area contributed by atoms with E-state index in [0.717, 1.165) is 31.7 Å². The number of aliphatic carboxylic acids is 1. The molecule has 0 atom stereocenters. The average Bonchev–Trinajstić information content (AvgIpc) is 2.75. The molecule has 0 unspecified atom stereocenters. The highest BCUT2D eigenvalue weighted by atomic mass is 16.5. The van der Waals surface area contributed by atoms with E-state index < -0.39 is 5.97 Å². The second-order valence-corrected chi connectivity index (χ2v) is 4.08. The third-order valence-corrected chi connectivity index (χ3v) is 3.00. The lowest BCUT2D eigenvalue weighted by Gasteiger charge is -2.21. The summed E-state index contributed by atoms with van der Waals surface area (Å²) < 4.78 is 5.31. The van der Waals surface area contributed by atoms with Gasteiger partial charge in [-0.3, -0.25) is 9.89 Å². The standard InChI is InChI=1S/C11H16N2O3/c14-11(15)2-1-10-9(7-12-13-10)8-3-5-16-6-4-8/h7-8H,1-6H2,(H,12,13)(H,14,15). The molecule has 2 N–H and O–H groups in total. The number of carbonyl (C=O) groups is 1. The summed E-state index contributed by atoms with van der Waals surface area (Å²) in [6, 6.07) is 0. The minimum atomic E-state index is -0.771. The number of nitrogens with one attached hydrogen (secondary N) is 1. The molecule has 1 aliphatic rings. The Bertz CT molecular complexity index is 356. The molecule has 1 aromatic heterocycles. The summed E-state index contributed by atoms with van der Waals surface area (Å²) in [6.07, 6.45) is 4.51. The van der Waals surface area contributed by atoms with Crippen molar-refractivity contribution in [1.29, 1.82) is 0 Å². The minimum absolute atomic E-state index is 0.151. The van der Waals surface area contributed by atoms with Crippen molar-refractivity contribution < 1.29 is 14.6 Å². The summed E-state index contributed by atoms with van der Waals surface area (Å²) in [5.41, 5.74) is 2.14. The Balaban J connectivity index is 2.02. The zero-order chi connectivity index (χ0) is 11.4. The molecule has 1 fully saturated rings. The molecular weight excluding hydrogens is 208 g/mol. The van der Waals surface area contributed by atoms with Crippen LogP contribution in [-0.4, -0.2) is 34.5 Å². The van der Waals surface area contributed by atoms with E-state index in [1.807, 2.05) is 6.20 Å². The molecule has 1 aromatic rings. The van der Waals surface area contributed by atoms with E-state index in [0.29, 0.717) is 12.3 Å². The molecule has 0 amide bonds. The highest BCUT2D eigenvalue weighted by Gasteiger charge is 2.20. The number of hydrogen-bond donors (Lipinski definition) is 2. The normalized spacial score (nSPS) is 17.5. The Morgan fingerprint density at radius 3 is 3.00 bits per heavy atom. The van der Waals surface area contributed by atoms with Crippen LogP contribution >= 0.6 is 0 Å². The van der Waals surface area contributed by atoms with Crippen molar-refractivity contribution in [3.05, 3.63) is 17.5 Å². The van der Waals surface area contributed by atoms with E-state index >= 15 is 0 Å². The topological polar surface area (TPSA) is 75.2 Å². The Kier molecular flexibility index (Phi) is 3.56. The Morgan fingerprint density at radius 1 is 1.56 bits per heavy atom. The first-order valence-corrected chi connectivity index (χ1v) is 5.59. The van der Waals surface area contributed by atoms with Crippen molar-refractivity contribution >= 4 is 5.97 Å². The highest BCUT2D eigenvalue weighted by molar-refractivity contribution is 5.67. The quantitative estimate of drug-likeness (QED) is 0.808. The van der Waals surface area contributed by atoms with Gasteiger partial charge in [0.05, 0.1) is 12.6 Å². The van der Waals surface area contributed by atoms with E-state index in [1.165, 1.54) is 5.56 Å². The molecule has 0 saturated carbocycles. The van der Waals surface area contributed by atoms with Crippen LogP contribution in [0.5, 0.6) is 0 Å². The second kappa shape index (κ2) is 5.12. The van der Waals surface area contributed by atoms with Crippen LogP contribution in [0.25, 0.3) is 0 Å². The molecule has 0 spiro atoms. The van der Waals surface area contributed by atoms with E-state index in [4.69, 9.17) is 9.84 Å². The number of carboxylic acid groups (broad SMARTS) is 1. The lowest BCUT2D eigenvalue weighted by molar-refractivity contribution is -0.136. The van der Waals surface area contributed by atoms with Gasteiger partial charge in [0.25, 0.3) is 0 Å². The van der Waals surface area contributed by atoms with Crippen LogP contribution in [-0.2, 0) is 16.0 Å². The number of nitrogens with zero attached hydrogens (tertiary/aromatic N) is 1. The fourth-order valence-corrected chi connectivity index (χ4v) is 2.11. The van der Waals surface area contributed by atoms with Crippen molar-refractivity contribution in [2.24, 2.45) is 0 Å². The third kappa shape index (κ3) is 2.61. The predicted molar refractivity (Wildman–Crippen MR) is 57.3 cm³/mol. The van der Waals surface area contributed by atoms with Gasteiger partial charge in [0.2, 0.25) is 0 Å². The molecule has 88 valence electrons. The Morgan fingerprint density at radius 2 is 2.31 bits per heavy atom. The first-order chi connectivity index (χ1) is 7.77. The van der Waals surface area contributed by atoms with Crippen LogP contribution in [0.3, 0.4) is 0 Å². The lowest BCUT2D eigenvalue weighted by Crippen LogP contribution is -2.15. The number of ether oxygens (including phenoxy) is 1. The van der Waals surface area contributed by atoms with Crippen molar-refractivity contribution in [3.63, 3.8) is 0 Å². The molecule has 2 heterocycles. The van der Waals surface area contributed by atoms with Gasteiger partial charge >= 0.3 is 5.97 Å². The van der Waals surface area contributed by atoms with Gasteiger partial charge in [0, 0.05) is 18.9 Å². The highest BCUT2D eigenvalue weighted by Crippen LogP contribution is 2.28. The molecule has 1 aliphatic heterocycles. The molecule has 16 heavy (non-hydrogen) atoms. The largest absolute Gasteiger partial charge is 0.481 e. The monoisotopic (exact) mass is 224 g/mol. The molecule has 0 aliphatic carbocycles. The van der Waals surface area contributed by atoms with Crippen LogP contribution in [0.2, 0.25) is 0 Å². The summed E-state index contributed by atoms with van der Waals surface area (Å²) >= 11 is 0. The van der Waals surface area contributed by atoms with E-state index in [-0.39, 0.29) is 6.42 Å². The van der Waals surface area contributed by atoms with Crippen molar-refractivity contribution in [2.45, 2.75) is 31.6 Å². The van der Waals surface area contributed by atoms with Gasteiger partial charge in [-0.2, -0.15) is 5.10 Å². The number of rotatable bonds is 4. The minimum Gasteiger partial charge on any atom is -0.481 e. The van der Waals surface area contributed by atoms with E-state index in [2.05, 4.69) is 10.2 Å². The summed E-state index contributed by atoms with van der Waals surface area (Å²) in [4.78, 5) is 10.5. The maximum atomic E-state index is 10.5. The summed E-state index contributed by atoms with van der Waals surface area (Å²) in [5.74, 6) is -0.302. The molecule has 0 bridgehead atoms. The van der Waals surface area contributed by atoms with E-state index in [1.54, 1.807) is 0 Å². The Labute approximate surface area is 93.8 Å². The zero-order valence-corrected chi connectivity index (χ0v) is 9.11. The number of hydrogen-bond acceptors (Lipinski definition) is 3. The predicted octanol–water partition coefficient (Wildman–Crippen LogP) is 1.32. The molecule has 0 aromatic carbocycles. The van der Waals surface area contributed by atoms with Gasteiger partial charge in [-0.25, -0.2) is 0 Å². The zero-order valence-electron chi connectivity index (χ0n) is 9.11. The van der Waals surface area contributed by atoms with Crippen molar-refractivity contribution in [2.75, 3.05) is 13.2 Å². The van der Waals surface area contributed by atoms with Gasteiger partial charge in [-0.15, -0.1) is 0 Å².